The third-order valence-corrected chi connectivity index (χ3v) is 4.42. The molecule has 0 radical (unpaired) electrons. The first-order valence-corrected chi connectivity index (χ1v) is 9.08. The molecule has 0 aromatic heterocycles. The van der Waals surface area contributed by atoms with E-state index < -0.39 is 0 Å². The Bertz CT molecular complexity index is 919. The Hall–Kier alpha value is -3.18. The highest BCUT2D eigenvalue weighted by Crippen LogP contribution is 2.23. The zero-order valence-electron chi connectivity index (χ0n) is 15.7. The zero-order valence-corrected chi connectivity index (χ0v) is 16.4. The molecule has 0 saturated carbocycles. The van der Waals surface area contributed by atoms with Gasteiger partial charge in [0.1, 0.15) is 11.5 Å². The van der Waals surface area contributed by atoms with Crippen LogP contribution in [0.15, 0.2) is 66.7 Å². The fourth-order valence-electron chi connectivity index (χ4n) is 2.62. The molecule has 0 aliphatic carbocycles. The lowest BCUT2D eigenvalue weighted by Crippen LogP contribution is -2.12. The first-order valence-electron chi connectivity index (χ1n) is 8.70. The average Bonchev–Trinajstić information content (AvgIpc) is 2.74. The molecule has 2 N–H and O–H groups in total. The fraction of sp³-hybridized carbons (Fsp3) is 0.136. The number of ether oxygens (including phenoxy) is 2. The van der Waals surface area contributed by atoms with Gasteiger partial charge in [-0.3, -0.25) is 4.79 Å². The van der Waals surface area contributed by atoms with Crippen molar-refractivity contribution in [3.63, 3.8) is 0 Å². The van der Waals surface area contributed by atoms with Crippen molar-refractivity contribution in [3.8, 4) is 11.5 Å². The molecule has 3 rings (SSSR count). The first-order chi connectivity index (χ1) is 13.6. The Morgan fingerprint density at radius 1 is 0.857 bits per heavy atom. The van der Waals surface area contributed by atoms with Gasteiger partial charge in [0.2, 0.25) is 0 Å². The van der Waals surface area contributed by atoms with Crippen molar-refractivity contribution in [2.24, 2.45) is 0 Å². The summed E-state index contributed by atoms with van der Waals surface area (Å²) in [6.07, 6.45) is 0. The second-order valence-corrected chi connectivity index (χ2v) is 6.55. The predicted molar refractivity (Wildman–Crippen MR) is 113 cm³/mol. The summed E-state index contributed by atoms with van der Waals surface area (Å²) in [5.74, 6) is 0.886. The van der Waals surface area contributed by atoms with Crippen LogP contribution in [0.1, 0.15) is 15.9 Å². The van der Waals surface area contributed by atoms with Gasteiger partial charge in [-0.15, -0.1) is 0 Å². The van der Waals surface area contributed by atoms with Gasteiger partial charge in [-0.05, 0) is 54.1 Å². The van der Waals surface area contributed by atoms with Crippen LogP contribution in [0, 0.1) is 0 Å². The number of carbonyl (C=O) groups excluding carboxylic acids is 1. The van der Waals surface area contributed by atoms with Crippen LogP contribution in [0.25, 0.3) is 0 Å². The van der Waals surface area contributed by atoms with Gasteiger partial charge in [0, 0.05) is 34.6 Å². The summed E-state index contributed by atoms with van der Waals surface area (Å²) in [6, 6.07) is 20.3. The van der Waals surface area contributed by atoms with Crippen molar-refractivity contribution >= 4 is 28.9 Å². The Kier molecular flexibility index (Phi) is 6.40. The number of hydrogen-bond acceptors (Lipinski definition) is 4. The van der Waals surface area contributed by atoms with E-state index in [-0.39, 0.29) is 5.91 Å². The van der Waals surface area contributed by atoms with E-state index in [9.17, 15) is 4.79 Å². The highest BCUT2D eigenvalue weighted by atomic mass is 35.5. The van der Waals surface area contributed by atoms with E-state index in [4.69, 9.17) is 21.1 Å². The summed E-state index contributed by atoms with van der Waals surface area (Å²) in [4.78, 5) is 12.5. The lowest BCUT2D eigenvalue weighted by molar-refractivity contribution is 0.102. The number of hydrogen-bond donors (Lipinski definition) is 2. The molecule has 0 saturated heterocycles. The summed E-state index contributed by atoms with van der Waals surface area (Å²) in [5, 5.41) is 6.93. The molecule has 0 atom stereocenters. The standard InChI is InChI=1S/C22H21ClN2O3/c1-27-20-11-16(12-21(13-20)28-2)22(26)25-19-9-7-18(8-10-19)24-14-15-3-5-17(23)6-4-15/h3-13,24H,14H2,1-2H3,(H,25,26). The average molecular weight is 397 g/mol. The summed E-state index contributed by atoms with van der Waals surface area (Å²) in [5.41, 5.74) is 3.25. The maximum Gasteiger partial charge on any atom is 0.255 e. The van der Waals surface area contributed by atoms with Gasteiger partial charge in [0.25, 0.3) is 5.91 Å². The molecule has 0 heterocycles. The minimum absolute atomic E-state index is 0.237. The second kappa shape index (κ2) is 9.15. The normalized spacial score (nSPS) is 10.2. The second-order valence-electron chi connectivity index (χ2n) is 6.11. The molecule has 0 aliphatic rings. The summed E-state index contributed by atoms with van der Waals surface area (Å²) >= 11 is 5.90. The van der Waals surface area contributed by atoms with Gasteiger partial charge in [-0.25, -0.2) is 0 Å². The van der Waals surface area contributed by atoms with E-state index in [0.29, 0.717) is 29.3 Å². The van der Waals surface area contributed by atoms with Crippen molar-refractivity contribution in [2.45, 2.75) is 6.54 Å². The number of anilines is 2. The van der Waals surface area contributed by atoms with Crippen LogP contribution in [0.5, 0.6) is 11.5 Å². The smallest absolute Gasteiger partial charge is 0.255 e. The Morgan fingerprint density at radius 2 is 1.43 bits per heavy atom. The lowest BCUT2D eigenvalue weighted by Gasteiger charge is -2.11. The molecule has 3 aromatic rings. The van der Waals surface area contributed by atoms with Crippen LogP contribution >= 0.6 is 11.6 Å². The monoisotopic (exact) mass is 396 g/mol. The highest BCUT2D eigenvalue weighted by molar-refractivity contribution is 6.30. The van der Waals surface area contributed by atoms with Gasteiger partial charge in [-0.1, -0.05) is 23.7 Å². The van der Waals surface area contributed by atoms with E-state index in [1.54, 1.807) is 32.4 Å². The molecule has 0 aliphatic heterocycles. The topological polar surface area (TPSA) is 59.6 Å². The predicted octanol–water partition coefficient (Wildman–Crippen LogP) is 5.22. The van der Waals surface area contributed by atoms with Crippen LogP contribution in [0.4, 0.5) is 11.4 Å². The van der Waals surface area contributed by atoms with Crippen molar-refractivity contribution in [1.82, 2.24) is 0 Å². The molecule has 0 spiro atoms. The van der Waals surface area contributed by atoms with Crippen LogP contribution in [-0.4, -0.2) is 20.1 Å². The number of carbonyl (C=O) groups is 1. The molecule has 6 heteroatoms. The van der Waals surface area contributed by atoms with Gasteiger partial charge in [0.15, 0.2) is 0 Å². The number of methoxy groups -OCH3 is 2. The van der Waals surface area contributed by atoms with E-state index in [1.807, 2.05) is 48.5 Å². The molecular formula is C22H21ClN2O3. The first kappa shape index (κ1) is 19.6. The fourth-order valence-corrected chi connectivity index (χ4v) is 2.75. The van der Waals surface area contributed by atoms with E-state index in [1.165, 1.54) is 0 Å². The molecule has 0 fully saturated rings. The summed E-state index contributed by atoms with van der Waals surface area (Å²) < 4.78 is 10.4. The van der Waals surface area contributed by atoms with Crippen LogP contribution < -0.4 is 20.1 Å². The largest absolute Gasteiger partial charge is 0.497 e. The van der Waals surface area contributed by atoms with Crippen LogP contribution in [-0.2, 0) is 6.54 Å². The quantitative estimate of drug-likeness (QED) is 0.574. The van der Waals surface area contributed by atoms with Crippen LogP contribution in [0.2, 0.25) is 5.02 Å². The molecule has 1 amide bonds. The summed E-state index contributed by atoms with van der Waals surface area (Å²) in [7, 11) is 3.10. The number of halogens is 1. The van der Waals surface area contributed by atoms with Gasteiger partial charge in [0.05, 0.1) is 14.2 Å². The third-order valence-electron chi connectivity index (χ3n) is 4.17. The van der Waals surface area contributed by atoms with Gasteiger partial charge < -0.3 is 20.1 Å². The van der Waals surface area contributed by atoms with Crippen molar-refractivity contribution in [2.75, 3.05) is 24.9 Å². The van der Waals surface area contributed by atoms with Crippen molar-refractivity contribution in [1.29, 1.82) is 0 Å². The Morgan fingerprint density at radius 3 is 2.00 bits per heavy atom. The maximum atomic E-state index is 12.5. The molecule has 3 aromatic carbocycles. The van der Waals surface area contributed by atoms with E-state index >= 15 is 0 Å². The van der Waals surface area contributed by atoms with E-state index in [0.717, 1.165) is 16.3 Å². The number of amides is 1. The number of rotatable bonds is 7. The van der Waals surface area contributed by atoms with Crippen molar-refractivity contribution < 1.29 is 14.3 Å². The number of benzene rings is 3. The zero-order chi connectivity index (χ0) is 19.9. The maximum absolute atomic E-state index is 12.5. The molecule has 5 nitrogen and oxygen atoms in total. The van der Waals surface area contributed by atoms with E-state index in [2.05, 4.69) is 10.6 Å². The lowest BCUT2D eigenvalue weighted by atomic mass is 10.1. The van der Waals surface area contributed by atoms with Gasteiger partial charge in [-0.2, -0.15) is 0 Å². The third kappa shape index (κ3) is 5.18. The van der Waals surface area contributed by atoms with Crippen molar-refractivity contribution in [3.05, 3.63) is 82.9 Å². The SMILES string of the molecule is COc1cc(OC)cc(C(=O)Nc2ccc(NCc3ccc(Cl)cc3)cc2)c1. The molecule has 0 bridgehead atoms. The Labute approximate surface area is 169 Å². The highest BCUT2D eigenvalue weighted by Gasteiger charge is 2.10. The molecule has 144 valence electrons. The molecular weight excluding hydrogens is 376 g/mol. The summed E-state index contributed by atoms with van der Waals surface area (Å²) in [6.45, 7) is 0.687. The Balaban J connectivity index is 1.62. The van der Waals surface area contributed by atoms with Crippen LogP contribution in [0.3, 0.4) is 0 Å². The van der Waals surface area contributed by atoms with Gasteiger partial charge >= 0.3 is 0 Å². The number of nitrogens with one attached hydrogen (secondary N) is 2. The minimum atomic E-state index is -0.237. The molecule has 28 heavy (non-hydrogen) atoms. The molecule has 0 unspecified atom stereocenters. The minimum Gasteiger partial charge on any atom is -0.497 e.